The highest BCUT2D eigenvalue weighted by Gasteiger charge is 2.14. The second-order valence-corrected chi connectivity index (χ2v) is 6.33. The minimum absolute atomic E-state index is 0.0344. The topological polar surface area (TPSA) is 114 Å². The molecule has 1 heterocycles. The molecule has 0 saturated heterocycles. The van der Waals surface area contributed by atoms with E-state index in [1.807, 2.05) is 13.8 Å². The van der Waals surface area contributed by atoms with Crippen LogP contribution in [0, 0.1) is 0 Å². The van der Waals surface area contributed by atoms with Crippen molar-refractivity contribution in [2.24, 2.45) is 5.73 Å². The van der Waals surface area contributed by atoms with Gasteiger partial charge in [0.2, 0.25) is 15.9 Å². The van der Waals surface area contributed by atoms with Gasteiger partial charge in [0.15, 0.2) is 0 Å². The molecule has 0 aliphatic rings. The number of hydrogen-bond donors (Lipinski definition) is 3. The molecule has 0 aliphatic carbocycles. The molecule has 0 radical (unpaired) electrons. The number of carbonyl (C=O) groups excluding carboxylic acids is 1. The van der Waals surface area contributed by atoms with E-state index in [1.165, 1.54) is 12.3 Å². The summed E-state index contributed by atoms with van der Waals surface area (Å²) in [6.45, 7) is 3.97. The van der Waals surface area contributed by atoms with Crippen LogP contribution in [0.5, 0.6) is 0 Å². The lowest BCUT2D eigenvalue weighted by Gasteiger charge is -2.09. The molecule has 1 aromatic rings. The second kappa shape index (κ2) is 7.32. The minimum Gasteiger partial charge on any atom is -0.354 e. The fourth-order valence-electron chi connectivity index (χ4n) is 1.47. The van der Waals surface area contributed by atoms with Gasteiger partial charge in [0.25, 0.3) is 0 Å². The Labute approximate surface area is 119 Å². The molecule has 1 aromatic heterocycles. The number of sulfonamides is 1. The fourth-order valence-corrected chi connectivity index (χ4v) is 2.44. The molecule has 0 saturated carbocycles. The van der Waals surface area contributed by atoms with Gasteiger partial charge in [-0.3, -0.25) is 9.78 Å². The van der Waals surface area contributed by atoms with Gasteiger partial charge in [0, 0.05) is 31.7 Å². The van der Waals surface area contributed by atoms with E-state index < -0.39 is 10.0 Å². The zero-order chi connectivity index (χ0) is 15.2. The zero-order valence-corrected chi connectivity index (χ0v) is 12.4. The third kappa shape index (κ3) is 5.24. The summed E-state index contributed by atoms with van der Waals surface area (Å²) in [5.41, 5.74) is 6.00. The molecule has 7 nitrogen and oxygen atoms in total. The summed E-state index contributed by atoms with van der Waals surface area (Å²) >= 11 is 0. The standard InChI is InChI=1S/C12H20N4O3S/c1-9(2)16-12(17)5-6-15-20(18,19)11-4-3-10(7-13)14-8-11/h3-4,8-9,15H,5-7,13H2,1-2H3,(H,16,17). The summed E-state index contributed by atoms with van der Waals surface area (Å²) < 4.78 is 26.2. The lowest BCUT2D eigenvalue weighted by Crippen LogP contribution is -2.34. The molecule has 112 valence electrons. The van der Waals surface area contributed by atoms with Crippen LogP contribution in [0.1, 0.15) is 26.0 Å². The van der Waals surface area contributed by atoms with E-state index in [2.05, 4.69) is 15.0 Å². The number of carbonyl (C=O) groups is 1. The Balaban J connectivity index is 2.55. The molecular formula is C12H20N4O3S. The molecule has 1 amide bonds. The van der Waals surface area contributed by atoms with Gasteiger partial charge in [0.05, 0.1) is 5.69 Å². The van der Waals surface area contributed by atoms with Crippen LogP contribution in [0.2, 0.25) is 0 Å². The van der Waals surface area contributed by atoms with E-state index in [0.29, 0.717) is 5.69 Å². The Morgan fingerprint density at radius 3 is 2.60 bits per heavy atom. The van der Waals surface area contributed by atoms with Crippen molar-refractivity contribution in [3.8, 4) is 0 Å². The van der Waals surface area contributed by atoms with Crippen LogP contribution in [-0.4, -0.2) is 31.9 Å². The molecule has 1 rings (SSSR count). The molecule has 0 aliphatic heterocycles. The summed E-state index contributed by atoms with van der Waals surface area (Å²) in [6.07, 6.45) is 1.34. The Hall–Kier alpha value is -1.51. The zero-order valence-electron chi connectivity index (χ0n) is 11.6. The van der Waals surface area contributed by atoms with E-state index in [9.17, 15) is 13.2 Å². The quantitative estimate of drug-likeness (QED) is 0.641. The van der Waals surface area contributed by atoms with E-state index in [-0.39, 0.29) is 36.4 Å². The second-order valence-electron chi connectivity index (χ2n) is 4.56. The van der Waals surface area contributed by atoms with Crippen molar-refractivity contribution in [1.82, 2.24) is 15.0 Å². The van der Waals surface area contributed by atoms with Crippen LogP contribution in [0.15, 0.2) is 23.2 Å². The first-order valence-corrected chi connectivity index (χ1v) is 7.77. The molecule has 4 N–H and O–H groups in total. The Morgan fingerprint density at radius 1 is 1.40 bits per heavy atom. The van der Waals surface area contributed by atoms with Gasteiger partial charge in [-0.2, -0.15) is 0 Å². The average Bonchev–Trinajstić information content (AvgIpc) is 2.37. The number of pyridine rings is 1. The number of nitrogens with zero attached hydrogens (tertiary/aromatic N) is 1. The van der Waals surface area contributed by atoms with Gasteiger partial charge >= 0.3 is 0 Å². The first-order valence-electron chi connectivity index (χ1n) is 6.29. The van der Waals surface area contributed by atoms with Gasteiger partial charge in [-0.05, 0) is 26.0 Å². The van der Waals surface area contributed by atoms with Crippen molar-refractivity contribution in [3.63, 3.8) is 0 Å². The van der Waals surface area contributed by atoms with E-state index in [1.54, 1.807) is 6.07 Å². The van der Waals surface area contributed by atoms with Crippen LogP contribution in [0.3, 0.4) is 0 Å². The predicted octanol–water partition coefficient (Wildman–Crippen LogP) is -0.267. The first-order chi connectivity index (χ1) is 9.35. The van der Waals surface area contributed by atoms with E-state index in [0.717, 1.165) is 0 Å². The first kappa shape index (κ1) is 16.5. The van der Waals surface area contributed by atoms with Crippen LogP contribution in [0.25, 0.3) is 0 Å². The monoisotopic (exact) mass is 300 g/mol. The van der Waals surface area contributed by atoms with Crippen molar-refractivity contribution in [2.75, 3.05) is 6.54 Å². The molecule has 8 heteroatoms. The maximum absolute atomic E-state index is 11.9. The number of nitrogens with two attached hydrogens (primary N) is 1. The van der Waals surface area contributed by atoms with Crippen molar-refractivity contribution < 1.29 is 13.2 Å². The average molecular weight is 300 g/mol. The van der Waals surface area contributed by atoms with Gasteiger partial charge in [-0.1, -0.05) is 0 Å². The van der Waals surface area contributed by atoms with Crippen molar-refractivity contribution in [2.45, 2.75) is 37.8 Å². The highest BCUT2D eigenvalue weighted by atomic mass is 32.2. The SMILES string of the molecule is CC(C)NC(=O)CCNS(=O)(=O)c1ccc(CN)nc1. The third-order valence-electron chi connectivity index (χ3n) is 2.41. The molecule has 0 atom stereocenters. The Morgan fingerprint density at radius 2 is 2.10 bits per heavy atom. The lowest BCUT2D eigenvalue weighted by atomic mass is 10.3. The fraction of sp³-hybridized carbons (Fsp3) is 0.500. The Kier molecular flexibility index (Phi) is 6.05. The van der Waals surface area contributed by atoms with Gasteiger partial charge in [0.1, 0.15) is 4.90 Å². The van der Waals surface area contributed by atoms with Gasteiger partial charge in [-0.25, -0.2) is 13.1 Å². The van der Waals surface area contributed by atoms with Crippen LogP contribution in [-0.2, 0) is 21.4 Å². The molecular weight excluding hydrogens is 280 g/mol. The summed E-state index contributed by atoms with van der Waals surface area (Å²) in [4.78, 5) is 15.4. The molecule has 0 fully saturated rings. The van der Waals surface area contributed by atoms with E-state index >= 15 is 0 Å². The van der Waals surface area contributed by atoms with Crippen LogP contribution in [0.4, 0.5) is 0 Å². The summed E-state index contributed by atoms with van der Waals surface area (Å²) in [7, 11) is -3.64. The third-order valence-corrected chi connectivity index (χ3v) is 3.86. The highest BCUT2D eigenvalue weighted by Crippen LogP contribution is 2.07. The summed E-state index contributed by atoms with van der Waals surface area (Å²) in [5, 5.41) is 2.68. The normalized spacial score (nSPS) is 11.6. The Bertz CT molecular complexity index is 540. The van der Waals surface area contributed by atoms with Crippen molar-refractivity contribution in [3.05, 3.63) is 24.0 Å². The van der Waals surface area contributed by atoms with Crippen LogP contribution >= 0.6 is 0 Å². The minimum atomic E-state index is -3.64. The number of aromatic nitrogens is 1. The summed E-state index contributed by atoms with van der Waals surface area (Å²) in [6, 6.07) is 3.03. The molecule has 0 spiro atoms. The number of rotatable bonds is 7. The number of amides is 1. The van der Waals surface area contributed by atoms with E-state index in [4.69, 9.17) is 5.73 Å². The van der Waals surface area contributed by atoms with Crippen molar-refractivity contribution >= 4 is 15.9 Å². The molecule has 20 heavy (non-hydrogen) atoms. The summed E-state index contributed by atoms with van der Waals surface area (Å²) in [5.74, 6) is -0.195. The molecule has 0 aromatic carbocycles. The lowest BCUT2D eigenvalue weighted by molar-refractivity contribution is -0.121. The maximum atomic E-state index is 11.9. The number of nitrogens with one attached hydrogen (secondary N) is 2. The van der Waals surface area contributed by atoms with Crippen molar-refractivity contribution in [1.29, 1.82) is 0 Å². The predicted molar refractivity (Wildman–Crippen MR) is 75.2 cm³/mol. The molecule has 0 bridgehead atoms. The van der Waals surface area contributed by atoms with Gasteiger partial charge in [-0.15, -0.1) is 0 Å². The smallest absolute Gasteiger partial charge is 0.242 e. The van der Waals surface area contributed by atoms with Gasteiger partial charge < -0.3 is 11.1 Å². The number of hydrogen-bond acceptors (Lipinski definition) is 5. The highest BCUT2D eigenvalue weighted by molar-refractivity contribution is 7.89. The maximum Gasteiger partial charge on any atom is 0.242 e. The molecule has 0 unspecified atom stereocenters. The van der Waals surface area contributed by atoms with Crippen LogP contribution < -0.4 is 15.8 Å². The largest absolute Gasteiger partial charge is 0.354 e.